The average Bonchev–Trinajstić information content (AvgIpc) is 2.62. The van der Waals surface area contributed by atoms with Crippen LogP contribution >= 0.6 is 0 Å². The smallest absolute Gasteiger partial charge is 0.259 e. The number of carbonyl (C=O) groups is 1. The van der Waals surface area contributed by atoms with E-state index in [0.29, 0.717) is 17.1 Å². The van der Waals surface area contributed by atoms with Crippen LogP contribution in [0.15, 0.2) is 54.7 Å². The molecule has 1 aromatic heterocycles. The molecule has 4 heteroatoms. The van der Waals surface area contributed by atoms with Crippen LogP contribution in [0.4, 0.5) is 5.69 Å². The summed E-state index contributed by atoms with van der Waals surface area (Å²) in [5.41, 5.74) is 5.21. The molecule has 2 aromatic carbocycles. The van der Waals surface area contributed by atoms with Gasteiger partial charge in [0.25, 0.3) is 5.91 Å². The summed E-state index contributed by atoms with van der Waals surface area (Å²) in [6.07, 6.45) is 2.46. The maximum Gasteiger partial charge on any atom is 0.259 e. The molecule has 25 heavy (non-hydrogen) atoms. The third kappa shape index (κ3) is 3.74. The first kappa shape index (κ1) is 16.8. The van der Waals surface area contributed by atoms with Gasteiger partial charge in [0.15, 0.2) is 5.82 Å². The predicted octanol–water partition coefficient (Wildman–Crippen LogP) is 4.58. The molecule has 3 aromatic rings. The van der Waals surface area contributed by atoms with Gasteiger partial charge in [-0.15, -0.1) is 0 Å². The van der Waals surface area contributed by atoms with E-state index in [9.17, 15) is 4.79 Å². The number of nitrogens with one attached hydrogen (secondary N) is 1. The number of hydrogen-bond acceptors (Lipinski definition) is 3. The minimum absolute atomic E-state index is 0.186. The number of nitrogens with zero attached hydrogens (tertiary/aromatic N) is 2. The van der Waals surface area contributed by atoms with Crippen molar-refractivity contribution in [2.24, 2.45) is 0 Å². The molecule has 0 fully saturated rings. The molecule has 0 saturated heterocycles. The zero-order valence-electron chi connectivity index (χ0n) is 14.7. The van der Waals surface area contributed by atoms with Gasteiger partial charge in [0.05, 0.1) is 11.3 Å². The van der Waals surface area contributed by atoms with E-state index in [2.05, 4.69) is 22.2 Å². The first-order valence-electron chi connectivity index (χ1n) is 8.38. The van der Waals surface area contributed by atoms with Crippen LogP contribution in [0.2, 0.25) is 0 Å². The Morgan fingerprint density at radius 1 is 1.04 bits per heavy atom. The zero-order valence-corrected chi connectivity index (χ0v) is 14.7. The molecule has 0 unspecified atom stereocenters. The van der Waals surface area contributed by atoms with Crippen LogP contribution in [0, 0.1) is 13.8 Å². The number of aromatic nitrogens is 2. The molecular weight excluding hydrogens is 310 g/mol. The SMILES string of the molecule is CCc1ccccc1NC(=O)c1cnc(-c2ccc(C)cc2)nc1C. The van der Waals surface area contributed by atoms with Crippen LogP contribution in [0.25, 0.3) is 11.4 Å². The summed E-state index contributed by atoms with van der Waals surface area (Å²) < 4.78 is 0. The van der Waals surface area contributed by atoms with Crippen LogP contribution in [0.3, 0.4) is 0 Å². The van der Waals surface area contributed by atoms with Crippen molar-refractivity contribution in [1.29, 1.82) is 0 Å². The highest BCUT2D eigenvalue weighted by Crippen LogP contribution is 2.19. The molecule has 0 aliphatic carbocycles. The Labute approximate surface area is 148 Å². The summed E-state index contributed by atoms with van der Waals surface area (Å²) in [5.74, 6) is 0.442. The molecule has 0 radical (unpaired) electrons. The molecule has 0 aliphatic rings. The normalized spacial score (nSPS) is 10.5. The molecule has 0 spiro atoms. The Balaban J connectivity index is 1.85. The number of hydrogen-bond donors (Lipinski definition) is 1. The van der Waals surface area contributed by atoms with Gasteiger partial charge < -0.3 is 5.32 Å². The molecular formula is C21H21N3O. The maximum absolute atomic E-state index is 12.6. The Morgan fingerprint density at radius 3 is 2.44 bits per heavy atom. The minimum Gasteiger partial charge on any atom is -0.322 e. The lowest BCUT2D eigenvalue weighted by Gasteiger charge is -2.11. The summed E-state index contributed by atoms with van der Waals surface area (Å²) in [4.78, 5) is 21.5. The van der Waals surface area contributed by atoms with Crippen LogP contribution in [-0.2, 0) is 6.42 Å². The average molecular weight is 331 g/mol. The third-order valence-electron chi connectivity index (χ3n) is 4.18. The molecule has 0 bridgehead atoms. The van der Waals surface area contributed by atoms with Gasteiger partial charge in [-0.05, 0) is 31.9 Å². The topological polar surface area (TPSA) is 54.9 Å². The van der Waals surface area contributed by atoms with E-state index in [1.54, 1.807) is 6.20 Å². The van der Waals surface area contributed by atoms with Crippen LogP contribution in [-0.4, -0.2) is 15.9 Å². The van der Waals surface area contributed by atoms with Gasteiger partial charge in [0.2, 0.25) is 0 Å². The fraction of sp³-hybridized carbons (Fsp3) is 0.190. The van der Waals surface area contributed by atoms with Gasteiger partial charge >= 0.3 is 0 Å². The van der Waals surface area contributed by atoms with Crippen LogP contribution in [0.5, 0.6) is 0 Å². The molecule has 0 saturated carbocycles. The third-order valence-corrected chi connectivity index (χ3v) is 4.18. The number of carbonyl (C=O) groups excluding carboxylic acids is 1. The Kier molecular flexibility index (Phi) is 4.89. The summed E-state index contributed by atoms with van der Waals surface area (Å²) in [7, 11) is 0. The quantitative estimate of drug-likeness (QED) is 0.761. The van der Waals surface area contributed by atoms with Crippen molar-refractivity contribution in [3.8, 4) is 11.4 Å². The number of rotatable bonds is 4. The Hall–Kier alpha value is -3.01. The van der Waals surface area contributed by atoms with Gasteiger partial charge in [0, 0.05) is 17.4 Å². The van der Waals surface area contributed by atoms with Gasteiger partial charge in [-0.3, -0.25) is 4.79 Å². The largest absolute Gasteiger partial charge is 0.322 e. The number of benzene rings is 2. The number of aryl methyl sites for hydroxylation is 3. The highest BCUT2D eigenvalue weighted by molar-refractivity contribution is 6.05. The lowest BCUT2D eigenvalue weighted by atomic mass is 10.1. The van der Waals surface area contributed by atoms with E-state index in [1.165, 1.54) is 5.56 Å². The number of amides is 1. The fourth-order valence-corrected chi connectivity index (χ4v) is 2.67. The van der Waals surface area contributed by atoms with Crippen molar-refractivity contribution in [1.82, 2.24) is 9.97 Å². The zero-order chi connectivity index (χ0) is 17.8. The van der Waals surface area contributed by atoms with E-state index in [0.717, 1.165) is 23.2 Å². The molecule has 1 heterocycles. The standard InChI is InChI=1S/C21H21N3O/c1-4-16-7-5-6-8-19(16)24-21(25)18-13-22-20(23-15(18)3)17-11-9-14(2)10-12-17/h5-13H,4H2,1-3H3,(H,24,25). The van der Waals surface area contributed by atoms with Gasteiger partial charge in [0.1, 0.15) is 0 Å². The van der Waals surface area contributed by atoms with Gasteiger partial charge in [-0.1, -0.05) is 55.0 Å². The number of anilines is 1. The van der Waals surface area contributed by atoms with E-state index in [4.69, 9.17) is 0 Å². The van der Waals surface area contributed by atoms with Crippen molar-refractivity contribution < 1.29 is 4.79 Å². The highest BCUT2D eigenvalue weighted by Gasteiger charge is 2.14. The van der Waals surface area contributed by atoms with E-state index < -0.39 is 0 Å². The lowest BCUT2D eigenvalue weighted by molar-refractivity contribution is 0.102. The number of para-hydroxylation sites is 1. The fourth-order valence-electron chi connectivity index (χ4n) is 2.67. The Morgan fingerprint density at radius 2 is 1.76 bits per heavy atom. The Bertz CT molecular complexity index is 901. The van der Waals surface area contributed by atoms with E-state index in [-0.39, 0.29) is 5.91 Å². The molecule has 4 nitrogen and oxygen atoms in total. The van der Waals surface area contributed by atoms with Crippen LogP contribution in [0.1, 0.15) is 34.1 Å². The monoisotopic (exact) mass is 331 g/mol. The first-order chi connectivity index (χ1) is 12.1. The molecule has 1 N–H and O–H groups in total. The van der Waals surface area contributed by atoms with Gasteiger partial charge in [-0.2, -0.15) is 0 Å². The second-order valence-corrected chi connectivity index (χ2v) is 6.02. The molecule has 0 atom stereocenters. The van der Waals surface area contributed by atoms with Crippen LogP contribution < -0.4 is 5.32 Å². The van der Waals surface area contributed by atoms with Crippen molar-refractivity contribution in [2.45, 2.75) is 27.2 Å². The minimum atomic E-state index is -0.186. The molecule has 0 aliphatic heterocycles. The highest BCUT2D eigenvalue weighted by atomic mass is 16.1. The summed E-state index contributed by atoms with van der Waals surface area (Å²) in [5, 5.41) is 2.97. The first-order valence-corrected chi connectivity index (χ1v) is 8.38. The van der Waals surface area contributed by atoms with Gasteiger partial charge in [-0.25, -0.2) is 9.97 Å². The van der Waals surface area contributed by atoms with Crippen molar-refractivity contribution in [3.63, 3.8) is 0 Å². The molecule has 3 rings (SSSR count). The second-order valence-electron chi connectivity index (χ2n) is 6.02. The van der Waals surface area contributed by atoms with E-state index >= 15 is 0 Å². The summed E-state index contributed by atoms with van der Waals surface area (Å²) >= 11 is 0. The summed E-state index contributed by atoms with van der Waals surface area (Å²) in [6.45, 7) is 5.94. The lowest BCUT2D eigenvalue weighted by Crippen LogP contribution is -2.16. The van der Waals surface area contributed by atoms with Crippen molar-refractivity contribution >= 4 is 11.6 Å². The van der Waals surface area contributed by atoms with Crippen molar-refractivity contribution in [2.75, 3.05) is 5.32 Å². The summed E-state index contributed by atoms with van der Waals surface area (Å²) in [6, 6.07) is 15.8. The van der Waals surface area contributed by atoms with Crippen molar-refractivity contribution in [3.05, 3.63) is 77.1 Å². The van der Waals surface area contributed by atoms with E-state index in [1.807, 2.05) is 62.4 Å². The molecule has 1 amide bonds. The predicted molar refractivity (Wildman–Crippen MR) is 101 cm³/mol. The second kappa shape index (κ2) is 7.26. The maximum atomic E-state index is 12.6. The molecule has 126 valence electrons.